The van der Waals surface area contributed by atoms with Gasteiger partial charge in [-0.25, -0.2) is 0 Å². The summed E-state index contributed by atoms with van der Waals surface area (Å²) in [5, 5.41) is 6.30. The second-order valence-electron chi connectivity index (χ2n) is 5.79. The molecule has 0 aliphatic carbocycles. The summed E-state index contributed by atoms with van der Waals surface area (Å²) in [6, 6.07) is 8.16. The molecule has 0 radical (unpaired) electrons. The Morgan fingerprint density at radius 2 is 2.08 bits per heavy atom. The van der Waals surface area contributed by atoms with Gasteiger partial charge in [0.25, 0.3) is 0 Å². The highest BCUT2D eigenvalue weighted by molar-refractivity contribution is 5.85. The highest BCUT2D eigenvalue weighted by atomic mass is 35.5. The van der Waals surface area contributed by atoms with Gasteiger partial charge in [-0.1, -0.05) is 12.1 Å². The Balaban J connectivity index is 0.00000288. The first-order valence-corrected chi connectivity index (χ1v) is 8.11. The molecule has 1 aliphatic heterocycles. The number of amides is 1. The van der Waals surface area contributed by atoms with Crippen LogP contribution in [0.15, 0.2) is 24.3 Å². The molecule has 6 nitrogen and oxygen atoms in total. The molecule has 1 saturated heterocycles. The lowest BCUT2D eigenvalue weighted by Crippen LogP contribution is -2.52. The zero-order valence-electron chi connectivity index (χ0n) is 14.4. The van der Waals surface area contributed by atoms with E-state index in [0.717, 1.165) is 30.9 Å². The number of halogens is 1. The van der Waals surface area contributed by atoms with Gasteiger partial charge in [0.1, 0.15) is 12.4 Å². The smallest absolute Gasteiger partial charge is 0.234 e. The summed E-state index contributed by atoms with van der Waals surface area (Å²) in [5.74, 6) is 0.880. The normalized spacial score (nSPS) is 17.8. The van der Waals surface area contributed by atoms with Crippen LogP contribution in [0.25, 0.3) is 0 Å². The van der Waals surface area contributed by atoms with E-state index in [2.05, 4.69) is 22.5 Å². The van der Waals surface area contributed by atoms with Gasteiger partial charge in [-0.15, -0.1) is 12.4 Å². The van der Waals surface area contributed by atoms with E-state index in [-0.39, 0.29) is 18.3 Å². The van der Waals surface area contributed by atoms with Gasteiger partial charge in [-0.2, -0.15) is 0 Å². The molecule has 7 heteroatoms. The number of hydrogen-bond donors (Lipinski definition) is 2. The lowest BCUT2D eigenvalue weighted by atomic mass is 10.2. The number of hydrogen-bond acceptors (Lipinski definition) is 5. The van der Waals surface area contributed by atoms with Crippen LogP contribution in [0.1, 0.15) is 12.5 Å². The molecular formula is C17H28ClN3O3. The minimum Gasteiger partial charge on any atom is -0.491 e. The third kappa shape index (κ3) is 7.05. The van der Waals surface area contributed by atoms with Gasteiger partial charge in [0.15, 0.2) is 0 Å². The second-order valence-corrected chi connectivity index (χ2v) is 5.79. The van der Waals surface area contributed by atoms with E-state index in [0.29, 0.717) is 32.3 Å². The molecule has 24 heavy (non-hydrogen) atoms. The Morgan fingerprint density at radius 3 is 2.75 bits per heavy atom. The monoisotopic (exact) mass is 357 g/mol. The van der Waals surface area contributed by atoms with Gasteiger partial charge in [-0.3, -0.25) is 9.69 Å². The summed E-state index contributed by atoms with van der Waals surface area (Å²) < 4.78 is 10.5. The zero-order chi connectivity index (χ0) is 16.5. The molecule has 0 unspecified atom stereocenters. The van der Waals surface area contributed by atoms with E-state index in [1.165, 1.54) is 0 Å². The van der Waals surface area contributed by atoms with Gasteiger partial charge in [-0.05, 0) is 24.6 Å². The molecular weight excluding hydrogens is 330 g/mol. The average molecular weight is 358 g/mol. The minimum absolute atomic E-state index is 0. The highest BCUT2D eigenvalue weighted by Gasteiger charge is 2.19. The predicted octanol–water partition coefficient (Wildman–Crippen LogP) is 1.04. The number of benzene rings is 1. The summed E-state index contributed by atoms with van der Waals surface area (Å²) in [4.78, 5) is 14.3. The van der Waals surface area contributed by atoms with Crippen LogP contribution in [-0.4, -0.2) is 63.4 Å². The summed E-state index contributed by atoms with van der Waals surface area (Å²) in [6.07, 6.45) is 0. The summed E-state index contributed by atoms with van der Waals surface area (Å²) >= 11 is 0. The summed E-state index contributed by atoms with van der Waals surface area (Å²) in [7, 11) is 1.65. The quantitative estimate of drug-likeness (QED) is 0.681. The van der Waals surface area contributed by atoms with Crippen LogP contribution in [-0.2, 0) is 16.1 Å². The Morgan fingerprint density at radius 1 is 1.33 bits per heavy atom. The van der Waals surface area contributed by atoms with Gasteiger partial charge in [0.05, 0.1) is 13.2 Å². The largest absolute Gasteiger partial charge is 0.491 e. The van der Waals surface area contributed by atoms with Crippen molar-refractivity contribution >= 4 is 18.3 Å². The van der Waals surface area contributed by atoms with Crippen molar-refractivity contribution < 1.29 is 14.3 Å². The number of ether oxygens (including phenoxy) is 2. The minimum atomic E-state index is 0. The lowest BCUT2D eigenvalue weighted by Gasteiger charge is -2.33. The van der Waals surface area contributed by atoms with Crippen LogP contribution in [0.2, 0.25) is 0 Å². The van der Waals surface area contributed by atoms with Crippen LogP contribution in [0.4, 0.5) is 0 Å². The molecule has 2 N–H and O–H groups in total. The molecule has 0 saturated carbocycles. The van der Waals surface area contributed by atoms with Crippen molar-refractivity contribution in [1.29, 1.82) is 0 Å². The van der Waals surface area contributed by atoms with Crippen LogP contribution in [0, 0.1) is 0 Å². The van der Waals surface area contributed by atoms with E-state index in [9.17, 15) is 4.79 Å². The van der Waals surface area contributed by atoms with Crippen molar-refractivity contribution in [2.24, 2.45) is 0 Å². The van der Waals surface area contributed by atoms with Gasteiger partial charge in [0.2, 0.25) is 5.91 Å². The molecule has 2 rings (SSSR count). The Hall–Kier alpha value is -1.34. The highest BCUT2D eigenvalue weighted by Crippen LogP contribution is 2.12. The molecule has 1 amide bonds. The van der Waals surface area contributed by atoms with E-state index in [1.807, 2.05) is 24.3 Å². The van der Waals surface area contributed by atoms with Gasteiger partial charge in [0, 0.05) is 39.3 Å². The molecule has 1 heterocycles. The number of carbonyl (C=O) groups is 1. The van der Waals surface area contributed by atoms with Gasteiger partial charge < -0.3 is 20.1 Å². The first kappa shape index (κ1) is 20.7. The standard InChI is InChI=1S/C17H27N3O3.ClH/c1-14-11-18-7-8-20(14)13-17(21)19-12-15-3-5-16(6-4-15)23-10-9-22-2;/h3-6,14,18H,7-13H2,1-2H3,(H,19,21);1H/t14-;/m0./s1. The Bertz CT molecular complexity index is 484. The maximum atomic E-state index is 12.1. The fourth-order valence-electron chi connectivity index (χ4n) is 2.51. The average Bonchev–Trinajstić information content (AvgIpc) is 2.56. The lowest BCUT2D eigenvalue weighted by molar-refractivity contribution is -0.123. The van der Waals surface area contributed by atoms with Crippen LogP contribution >= 0.6 is 12.4 Å². The van der Waals surface area contributed by atoms with Gasteiger partial charge >= 0.3 is 0 Å². The van der Waals surface area contributed by atoms with E-state index >= 15 is 0 Å². The molecule has 1 aliphatic rings. The number of nitrogens with zero attached hydrogens (tertiary/aromatic N) is 1. The van der Waals surface area contributed by atoms with Crippen molar-refractivity contribution in [2.75, 3.05) is 46.5 Å². The number of rotatable bonds is 8. The summed E-state index contributed by atoms with van der Waals surface area (Å²) in [6.45, 7) is 7.06. The first-order chi connectivity index (χ1) is 11.2. The number of piperazine rings is 1. The van der Waals surface area contributed by atoms with Crippen LogP contribution in [0.3, 0.4) is 0 Å². The molecule has 1 aromatic rings. The van der Waals surface area contributed by atoms with E-state index in [4.69, 9.17) is 9.47 Å². The van der Waals surface area contributed by atoms with Crippen LogP contribution < -0.4 is 15.4 Å². The fourth-order valence-corrected chi connectivity index (χ4v) is 2.51. The Kier molecular flexibility index (Phi) is 9.71. The molecule has 1 atom stereocenters. The maximum absolute atomic E-state index is 12.1. The summed E-state index contributed by atoms with van der Waals surface area (Å²) in [5.41, 5.74) is 1.06. The molecule has 136 valence electrons. The molecule has 0 bridgehead atoms. The number of carbonyl (C=O) groups excluding carboxylic acids is 1. The van der Waals surface area contributed by atoms with Crippen molar-refractivity contribution in [3.63, 3.8) is 0 Å². The Labute approximate surface area is 150 Å². The number of nitrogens with one attached hydrogen (secondary N) is 2. The maximum Gasteiger partial charge on any atom is 0.234 e. The van der Waals surface area contributed by atoms with Crippen LogP contribution in [0.5, 0.6) is 5.75 Å². The van der Waals surface area contributed by atoms with E-state index < -0.39 is 0 Å². The molecule has 0 spiro atoms. The molecule has 1 fully saturated rings. The van der Waals surface area contributed by atoms with E-state index in [1.54, 1.807) is 7.11 Å². The third-order valence-electron chi connectivity index (χ3n) is 3.95. The van der Waals surface area contributed by atoms with Crippen molar-refractivity contribution in [2.45, 2.75) is 19.5 Å². The predicted molar refractivity (Wildman–Crippen MR) is 96.8 cm³/mol. The number of methoxy groups -OCH3 is 1. The third-order valence-corrected chi connectivity index (χ3v) is 3.95. The molecule has 0 aromatic heterocycles. The zero-order valence-corrected chi connectivity index (χ0v) is 15.2. The van der Waals surface area contributed by atoms with Crippen molar-refractivity contribution in [3.8, 4) is 5.75 Å². The topological polar surface area (TPSA) is 62.8 Å². The van der Waals surface area contributed by atoms with Crippen molar-refractivity contribution in [1.82, 2.24) is 15.5 Å². The van der Waals surface area contributed by atoms with Crippen molar-refractivity contribution in [3.05, 3.63) is 29.8 Å². The second kappa shape index (κ2) is 11.3. The SMILES string of the molecule is COCCOc1ccc(CNC(=O)CN2CCNC[C@@H]2C)cc1.Cl. The first-order valence-electron chi connectivity index (χ1n) is 8.11. The molecule has 1 aromatic carbocycles. The fraction of sp³-hybridized carbons (Fsp3) is 0.588.